The molecule has 1 heterocycles. The van der Waals surface area contributed by atoms with E-state index in [0.717, 1.165) is 4.88 Å². The van der Waals surface area contributed by atoms with Gasteiger partial charge in [-0.15, -0.1) is 11.3 Å². The van der Waals surface area contributed by atoms with Gasteiger partial charge < -0.3 is 4.74 Å². The van der Waals surface area contributed by atoms with Crippen LogP contribution in [0.15, 0.2) is 41.5 Å². The van der Waals surface area contributed by atoms with Crippen LogP contribution in [0.5, 0.6) is 5.75 Å². The molecule has 1 unspecified atom stereocenters. The summed E-state index contributed by atoms with van der Waals surface area (Å²) in [6.07, 6.45) is 0.971. The zero-order valence-electron chi connectivity index (χ0n) is 11.7. The highest BCUT2D eigenvalue weighted by atomic mass is 35.5. The molecule has 0 aliphatic carbocycles. The Balaban J connectivity index is 1.85. The van der Waals surface area contributed by atoms with Gasteiger partial charge in [-0.2, -0.15) is 5.10 Å². The topological polar surface area (TPSA) is 50.7 Å². The molecule has 0 aliphatic rings. The van der Waals surface area contributed by atoms with Crippen LogP contribution in [0.25, 0.3) is 0 Å². The van der Waals surface area contributed by atoms with Gasteiger partial charge in [0.05, 0.1) is 6.21 Å². The number of hydrogen-bond donors (Lipinski definition) is 1. The molecule has 0 fully saturated rings. The summed E-state index contributed by atoms with van der Waals surface area (Å²) >= 11 is 7.39. The van der Waals surface area contributed by atoms with Crippen molar-refractivity contribution in [3.8, 4) is 5.75 Å². The normalized spacial score (nSPS) is 12.3. The summed E-state index contributed by atoms with van der Waals surface area (Å²) in [5.74, 6) is 0.273. The van der Waals surface area contributed by atoms with Gasteiger partial charge in [-0.3, -0.25) is 4.79 Å². The van der Waals surface area contributed by atoms with Gasteiger partial charge in [0.1, 0.15) is 5.75 Å². The van der Waals surface area contributed by atoms with Crippen LogP contribution in [0.1, 0.15) is 16.7 Å². The lowest BCUT2D eigenvalue weighted by Crippen LogP contribution is -2.33. The van der Waals surface area contributed by atoms with Crippen molar-refractivity contribution < 1.29 is 9.53 Å². The molecule has 0 radical (unpaired) electrons. The molecule has 1 amide bonds. The van der Waals surface area contributed by atoms with Crippen molar-refractivity contribution in [1.82, 2.24) is 5.43 Å². The molecule has 1 aromatic heterocycles. The highest BCUT2D eigenvalue weighted by Crippen LogP contribution is 2.16. The maximum absolute atomic E-state index is 11.8. The highest BCUT2D eigenvalue weighted by Gasteiger charge is 2.13. The van der Waals surface area contributed by atoms with Gasteiger partial charge in [-0.25, -0.2) is 5.43 Å². The monoisotopic (exact) mass is 322 g/mol. The van der Waals surface area contributed by atoms with E-state index in [1.54, 1.807) is 48.7 Å². The molecule has 0 saturated carbocycles. The van der Waals surface area contributed by atoms with Crippen molar-refractivity contribution in [2.45, 2.75) is 20.0 Å². The van der Waals surface area contributed by atoms with E-state index >= 15 is 0 Å². The Morgan fingerprint density at radius 1 is 1.33 bits per heavy atom. The number of halogens is 1. The fourth-order valence-electron chi connectivity index (χ4n) is 1.54. The quantitative estimate of drug-likeness (QED) is 0.675. The van der Waals surface area contributed by atoms with Crippen LogP contribution >= 0.6 is 22.9 Å². The Labute approximate surface area is 132 Å². The first-order valence-corrected chi connectivity index (χ1v) is 7.55. The number of aryl methyl sites for hydroxylation is 1. The summed E-state index contributed by atoms with van der Waals surface area (Å²) in [4.78, 5) is 14.0. The number of thiophene rings is 1. The van der Waals surface area contributed by atoms with Crippen molar-refractivity contribution >= 4 is 35.1 Å². The first-order chi connectivity index (χ1) is 10.0. The summed E-state index contributed by atoms with van der Waals surface area (Å²) in [5, 5.41) is 4.54. The molecule has 0 spiro atoms. The fourth-order valence-corrected chi connectivity index (χ4v) is 2.42. The third-order valence-corrected chi connectivity index (χ3v) is 3.81. The van der Waals surface area contributed by atoms with E-state index in [1.165, 1.54) is 4.88 Å². The summed E-state index contributed by atoms with van der Waals surface area (Å²) in [7, 11) is 0. The van der Waals surface area contributed by atoms with Gasteiger partial charge in [0.15, 0.2) is 6.10 Å². The molecule has 2 aromatic rings. The largest absolute Gasteiger partial charge is 0.481 e. The average molecular weight is 323 g/mol. The van der Waals surface area contributed by atoms with Crippen LogP contribution in [0, 0.1) is 6.92 Å². The average Bonchev–Trinajstić information content (AvgIpc) is 2.87. The smallest absolute Gasteiger partial charge is 0.280 e. The van der Waals surface area contributed by atoms with E-state index in [1.807, 2.05) is 19.1 Å². The first-order valence-electron chi connectivity index (χ1n) is 6.36. The molecule has 1 atom stereocenters. The maximum atomic E-state index is 11.8. The number of rotatable bonds is 5. The van der Waals surface area contributed by atoms with Crippen LogP contribution < -0.4 is 10.2 Å². The lowest BCUT2D eigenvalue weighted by Gasteiger charge is -2.12. The standard InChI is InChI=1S/C15H15ClN2O2S/c1-10-3-8-14(21-10)9-17-18-15(19)11(2)20-13-6-4-12(16)5-7-13/h3-9,11H,1-2H3,(H,18,19). The van der Waals surface area contributed by atoms with E-state index in [9.17, 15) is 4.79 Å². The van der Waals surface area contributed by atoms with Gasteiger partial charge >= 0.3 is 0 Å². The lowest BCUT2D eigenvalue weighted by molar-refractivity contribution is -0.127. The minimum Gasteiger partial charge on any atom is -0.481 e. The predicted molar refractivity (Wildman–Crippen MR) is 86.3 cm³/mol. The molecule has 0 bridgehead atoms. The predicted octanol–water partition coefficient (Wildman–Crippen LogP) is 3.63. The Hall–Kier alpha value is -1.85. The molecule has 4 nitrogen and oxygen atoms in total. The molecule has 1 aromatic carbocycles. The number of carbonyl (C=O) groups excluding carboxylic acids is 1. The first kappa shape index (κ1) is 15.5. The number of carbonyl (C=O) groups is 1. The molecular weight excluding hydrogens is 308 g/mol. The molecular formula is C15H15ClN2O2S. The third-order valence-electron chi connectivity index (χ3n) is 2.62. The molecule has 1 N–H and O–H groups in total. The SMILES string of the molecule is Cc1ccc(C=NNC(=O)C(C)Oc2ccc(Cl)cc2)s1. The summed E-state index contributed by atoms with van der Waals surface area (Å²) in [6, 6.07) is 10.8. The fraction of sp³-hybridized carbons (Fsp3) is 0.200. The third kappa shape index (κ3) is 4.88. The van der Waals surface area contributed by atoms with Crippen molar-refractivity contribution in [3.63, 3.8) is 0 Å². The molecule has 0 aliphatic heterocycles. The second-order valence-electron chi connectivity index (χ2n) is 4.40. The Morgan fingerprint density at radius 2 is 2.05 bits per heavy atom. The Kier molecular flexibility index (Phi) is 5.36. The van der Waals surface area contributed by atoms with Crippen molar-refractivity contribution in [2.75, 3.05) is 0 Å². The van der Waals surface area contributed by atoms with E-state index in [0.29, 0.717) is 10.8 Å². The molecule has 0 saturated heterocycles. The summed E-state index contributed by atoms with van der Waals surface area (Å²) in [5.41, 5.74) is 2.46. The van der Waals surface area contributed by atoms with Crippen LogP contribution in [0.2, 0.25) is 5.02 Å². The minimum atomic E-state index is -0.645. The van der Waals surface area contributed by atoms with Crippen molar-refractivity contribution in [1.29, 1.82) is 0 Å². The second kappa shape index (κ2) is 7.24. The van der Waals surface area contributed by atoms with Gasteiger partial charge in [0.2, 0.25) is 0 Å². The number of hydrogen-bond acceptors (Lipinski definition) is 4. The molecule has 2 rings (SSSR count). The van der Waals surface area contributed by atoms with Crippen molar-refractivity contribution in [3.05, 3.63) is 51.2 Å². The zero-order valence-corrected chi connectivity index (χ0v) is 13.2. The number of nitrogens with zero attached hydrogens (tertiary/aromatic N) is 1. The van der Waals surface area contributed by atoms with Crippen LogP contribution in [0.4, 0.5) is 0 Å². The number of nitrogens with one attached hydrogen (secondary N) is 1. The van der Waals surface area contributed by atoms with E-state index in [2.05, 4.69) is 10.5 Å². The van der Waals surface area contributed by atoms with E-state index in [4.69, 9.17) is 16.3 Å². The second-order valence-corrected chi connectivity index (χ2v) is 6.15. The van der Waals surface area contributed by atoms with Gasteiger partial charge in [-0.05, 0) is 50.2 Å². The molecule has 110 valence electrons. The van der Waals surface area contributed by atoms with E-state index in [-0.39, 0.29) is 5.91 Å². The molecule has 21 heavy (non-hydrogen) atoms. The summed E-state index contributed by atoms with van der Waals surface area (Å²) in [6.45, 7) is 3.68. The molecule has 6 heteroatoms. The van der Waals surface area contributed by atoms with Gasteiger partial charge in [0, 0.05) is 14.8 Å². The highest BCUT2D eigenvalue weighted by molar-refractivity contribution is 7.13. The lowest BCUT2D eigenvalue weighted by atomic mass is 10.3. The van der Waals surface area contributed by atoms with Crippen molar-refractivity contribution in [2.24, 2.45) is 5.10 Å². The Bertz CT molecular complexity index is 637. The number of ether oxygens (including phenoxy) is 1. The maximum Gasteiger partial charge on any atom is 0.280 e. The summed E-state index contributed by atoms with van der Waals surface area (Å²) < 4.78 is 5.50. The number of benzene rings is 1. The van der Waals surface area contributed by atoms with Crippen LogP contribution in [0.3, 0.4) is 0 Å². The van der Waals surface area contributed by atoms with Crippen LogP contribution in [-0.2, 0) is 4.79 Å². The van der Waals surface area contributed by atoms with Gasteiger partial charge in [-0.1, -0.05) is 11.6 Å². The Morgan fingerprint density at radius 3 is 2.67 bits per heavy atom. The number of hydrazone groups is 1. The van der Waals surface area contributed by atoms with Crippen LogP contribution in [-0.4, -0.2) is 18.2 Å². The van der Waals surface area contributed by atoms with E-state index < -0.39 is 6.10 Å². The zero-order chi connectivity index (χ0) is 15.2. The minimum absolute atomic E-state index is 0.311. The number of amides is 1. The van der Waals surface area contributed by atoms with Gasteiger partial charge in [0.25, 0.3) is 5.91 Å².